The summed E-state index contributed by atoms with van der Waals surface area (Å²) in [6, 6.07) is 0.834. The van der Waals surface area contributed by atoms with Crippen LogP contribution in [0.3, 0.4) is 0 Å². The fourth-order valence-electron chi connectivity index (χ4n) is 3.31. The van der Waals surface area contributed by atoms with E-state index in [-0.39, 0.29) is 0 Å². The van der Waals surface area contributed by atoms with Gasteiger partial charge in [-0.2, -0.15) is 0 Å². The standard InChI is InChI=1S/C16H32N2O/c1-14-6-8-16(9-7-14,12-17-15-4-5-15)13-18(2)10-11-19-3/h14-15,17H,4-13H2,1-3H3. The maximum Gasteiger partial charge on any atom is 0.0589 e. The number of hydrogen-bond acceptors (Lipinski definition) is 3. The normalized spacial score (nSPS) is 31.9. The van der Waals surface area contributed by atoms with Crippen LogP contribution >= 0.6 is 0 Å². The molecule has 2 rings (SSSR count). The Bertz CT molecular complexity index is 257. The van der Waals surface area contributed by atoms with Gasteiger partial charge in [0.1, 0.15) is 0 Å². The van der Waals surface area contributed by atoms with Gasteiger partial charge in [-0.15, -0.1) is 0 Å². The molecule has 112 valence electrons. The number of nitrogens with zero attached hydrogens (tertiary/aromatic N) is 1. The maximum absolute atomic E-state index is 5.20. The van der Waals surface area contributed by atoms with Crippen LogP contribution in [0.1, 0.15) is 45.4 Å². The minimum Gasteiger partial charge on any atom is -0.383 e. The molecule has 0 saturated heterocycles. The van der Waals surface area contributed by atoms with Crippen LogP contribution in [-0.4, -0.2) is 51.3 Å². The van der Waals surface area contributed by atoms with Crippen LogP contribution in [0.5, 0.6) is 0 Å². The Hall–Kier alpha value is -0.120. The largest absolute Gasteiger partial charge is 0.383 e. The van der Waals surface area contributed by atoms with E-state index in [4.69, 9.17) is 4.74 Å². The molecule has 3 nitrogen and oxygen atoms in total. The van der Waals surface area contributed by atoms with E-state index in [1.54, 1.807) is 7.11 Å². The highest BCUT2D eigenvalue weighted by molar-refractivity contribution is 4.92. The minimum absolute atomic E-state index is 0.511. The highest BCUT2D eigenvalue weighted by Crippen LogP contribution is 2.39. The summed E-state index contributed by atoms with van der Waals surface area (Å²) in [6.07, 6.45) is 8.39. The fourth-order valence-corrected chi connectivity index (χ4v) is 3.31. The second-order valence-electron chi connectivity index (χ2n) is 7.07. The van der Waals surface area contributed by atoms with Gasteiger partial charge in [-0.25, -0.2) is 0 Å². The zero-order valence-electron chi connectivity index (χ0n) is 13.1. The molecule has 0 unspecified atom stereocenters. The Balaban J connectivity index is 1.84. The number of hydrogen-bond donors (Lipinski definition) is 1. The summed E-state index contributed by atoms with van der Waals surface area (Å²) in [5.41, 5.74) is 0.511. The van der Waals surface area contributed by atoms with E-state index in [1.165, 1.54) is 51.6 Å². The van der Waals surface area contributed by atoms with E-state index in [2.05, 4.69) is 24.2 Å². The molecule has 0 aromatic rings. The van der Waals surface area contributed by atoms with Gasteiger partial charge in [0, 0.05) is 32.8 Å². The molecule has 0 amide bonds. The third kappa shape index (κ3) is 5.05. The van der Waals surface area contributed by atoms with E-state index in [0.717, 1.165) is 25.1 Å². The highest BCUT2D eigenvalue weighted by atomic mass is 16.5. The van der Waals surface area contributed by atoms with Crippen molar-refractivity contribution in [3.8, 4) is 0 Å². The summed E-state index contributed by atoms with van der Waals surface area (Å²) >= 11 is 0. The number of likely N-dealkylation sites (N-methyl/N-ethyl adjacent to an activating group) is 1. The van der Waals surface area contributed by atoms with Crippen molar-refractivity contribution in [2.75, 3.05) is 40.4 Å². The predicted molar refractivity (Wildman–Crippen MR) is 80.5 cm³/mol. The average molecular weight is 268 g/mol. The van der Waals surface area contributed by atoms with Gasteiger partial charge in [-0.3, -0.25) is 0 Å². The Labute approximate surface area is 119 Å². The first kappa shape index (κ1) is 15.3. The number of ether oxygens (including phenoxy) is 1. The molecule has 1 N–H and O–H groups in total. The van der Waals surface area contributed by atoms with E-state index in [9.17, 15) is 0 Å². The molecule has 0 aromatic carbocycles. The molecule has 0 heterocycles. The SMILES string of the molecule is COCCN(C)CC1(CNC2CC2)CCC(C)CC1. The van der Waals surface area contributed by atoms with Crippen molar-refractivity contribution in [3.05, 3.63) is 0 Å². The maximum atomic E-state index is 5.20. The van der Waals surface area contributed by atoms with Crippen molar-refractivity contribution >= 4 is 0 Å². The van der Waals surface area contributed by atoms with Gasteiger partial charge >= 0.3 is 0 Å². The monoisotopic (exact) mass is 268 g/mol. The quantitative estimate of drug-likeness (QED) is 0.732. The van der Waals surface area contributed by atoms with Crippen LogP contribution in [0.25, 0.3) is 0 Å². The molecule has 0 spiro atoms. The molecule has 2 saturated carbocycles. The first-order valence-electron chi connectivity index (χ1n) is 8.04. The van der Waals surface area contributed by atoms with Gasteiger partial charge in [-0.1, -0.05) is 19.8 Å². The van der Waals surface area contributed by atoms with Crippen molar-refractivity contribution in [3.63, 3.8) is 0 Å². The molecule has 0 bridgehead atoms. The summed E-state index contributed by atoms with van der Waals surface area (Å²) in [6.45, 7) is 6.76. The molecule has 19 heavy (non-hydrogen) atoms. The minimum atomic E-state index is 0.511. The number of nitrogens with one attached hydrogen (secondary N) is 1. The molecule has 2 aliphatic rings. The lowest BCUT2D eigenvalue weighted by atomic mass is 9.70. The molecule has 0 atom stereocenters. The fraction of sp³-hybridized carbons (Fsp3) is 1.00. The van der Waals surface area contributed by atoms with Crippen LogP contribution < -0.4 is 5.32 Å². The summed E-state index contributed by atoms with van der Waals surface area (Å²) in [4.78, 5) is 2.47. The summed E-state index contributed by atoms with van der Waals surface area (Å²) < 4.78 is 5.20. The van der Waals surface area contributed by atoms with Gasteiger partial charge < -0.3 is 15.0 Å². The van der Waals surface area contributed by atoms with E-state index >= 15 is 0 Å². The molecule has 0 radical (unpaired) electrons. The number of rotatable bonds is 8. The zero-order valence-corrected chi connectivity index (χ0v) is 13.1. The Morgan fingerprint density at radius 2 is 1.89 bits per heavy atom. The van der Waals surface area contributed by atoms with Crippen molar-refractivity contribution in [2.45, 2.75) is 51.5 Å². The summed E-state index contributed by atoms with van der Waals surface area (Å²) in [5.74, 6) is 0.929. The number of methoxy groups -OCH3 is 1. The second kappa shape index (κ2) is 7.05. The predicted octanol–water partition coefficient (Wildman–Crippen LogP) is 2.51. The van der Waals surface area contributed by atoms with Crippen molar-refractivity contribution in [2.24, 2.45) is 11.3 Å². The lowest BCUT2D eigenvalue weighted by molar-refractivity contribution is 0.0814. The van der Waals surface area contributed by atoms with Gasteiger partial charge in [0.25, 0.3) is 0 Å². The topological polar surface area (TPSA) is 24.5 Å². The molecule has 0 aliphatic heterocycles. The van der Waals surface area contributed by atoms with Crippen molar-refractivity contribution < 1.29 is 4.74 Å². The first-order valence-corrected chi connectivity index (χ1v) is 8.04. The van der Waals surface area contributed by atoms with E-state index in [1.807, 2.05) is 0 Å². The first-order chi connectivity index (χ1) is 9.13. The smallest absolute Gasteiger partial charge is 0.0589 e. The Kier molecular flexibility index (Phi) is 5.67. The molecular formula is C16H32N2O. The average Bonchev–Trinajstić information content (AvgIpc) is 3.22. The van der Waals surface area contributed by atoms with E-state index < -0.39 is 0 Å². The van der Waals surface area contributed by atoms with Crippen LogP contribution in [0.4, 0.5) is 0 Å². The molecule has 3 heteroatoms. The summed E-state index contributed by atoms with van der Waals surface area (Å²) in [5, 5.41) is 3.79. The second-order valence-corrected chi connectivity index (χ2v) is 7.07. The third-order valence-corrected chi connectivity index (χ3v) is 4.96. The van der Waals surface area contributed by atoms with Crippen LogP contribution in [-0.2, 0) is 4.74 Å². The van der Waals surface area contributed by atoms with Crippen LogP contribution in [0.15, 0.2) is 0 Å². The third-order valence-electron chi connectivity index (χ3n) is 4.96. The lowest BCUT2D eigenvalue weighted by Gasteiger charge is -2.42. The molecule has 0 aromatic heterocycles. The van der Waals surface area contributed by atoms with Crippen molar-refractivity contribution in [1.29, 1.82) is 0 Å². The zero-order chi connectivity index (χ0) is 13.7. The lowest BCUT2D eigenvalue weighted by Crippen LogP contribution is -2.46. The molecule has 2 aliphatic carbocycles. The van der Waals surface area contributed by atoms with Gasteiger partial charge in [0.2, 0.25) is 0 Å². The highest BCUT2D eigenvalue weighted by Gasteiger charge is 2.36. The van der Waals surface area contributed by atoms with Gasteiger partial charge in [-0.05, 0) is 44.1 Å². The van der Waals surface area contributed by atoms with E-state index in [0.29, 0.717) is 5.41 Å². The van der Waals surface area contributed by atoms with Crippen molar-refractivity contribution in [1.82, 2.24) is 10.2 Å². The molecular weight excluding hydrogens is 236 g/mol. The Morgan fingerprint density at radius 3 is 2.47 bits per heavy atom. The van der Waals surface area contributed by atoms with Crippen LogP contribution in [0, 0.1) is 11.3 Å². The molecule has 2 fully saturated rings. The van der Waals surface area contributed by atoms with Gasteiger partial charge in [0.15, 0.2) is 0 Å². The summed E-state index contributed by atoms with van der Waals surface area (Å²) in [7, 11) is 4.04. The van der Waals surface area contributed by atoms with Crippen LogP contribution in [0.2, 0.25) is 0 Å². The Morgan fingerprint density at radius 1 is 1.21 bits per heavy atom. The van der Waals surface area contributed by atoms with Gasteiger partial charge in [0.05, 0.1) is 6.61 Å².